The molecule has 1 aliphatic heterocycles. The molecule has 0 amide bonds. The molecule has 0 N–H and O–H groups in total. The normalized spacial score (nSPS) is 21.8. The van der Waals surface area contributed by atoms with Gasteiger partial charge in [0, 0.05) is 11.8 Å². The number of carbonyl (C=O) groups excluding carboxylic acids is 1. The maximum Gasteiger partial charge on any atom is 0.302 e. The van der Waals surface area contributed by atoms with Gasteiger partial charge in [-0.15, -0.1) is 0 Å². The highest BCUT2D eigenvalue weighted by atomic mass is 32.2. The second kappa shape index (κ2) is 15.8. The molecule has 0 spiro atoms. The molecular weight excluding hydrogens is 560 g/mol. The minimum atomic E-state index is -0.576. The lowest BCUT2D eigenvalue weighted by molar-refractivity contribution is -0.253. The van der Waals surface area contributed by atoms with Crippen LogP contribution in [-0.2, 0) is 48.3 Å². The Labute approximate surface area is 258 Å². The van der Waals surface area contributed by atoms with E-state index >= 15 is 0 Å². The number of carbonyl (C=O) groups is 1. The molecule has 1 saturated heterocycles. The third-order valence-corrected chi connectivity index (χ3v) is 8.33. The molecule has 43 heavy (non-hydrogen) atoms. The molecule has 0 aliphatic carbocycles. The molecule has 5 atom stereocenters. The zero-order chi connectivity index (χ0) is 29.9. The van der Waals surface area contributed by atoms with E-state index in [9.17, 15) is 4.79 Å². The lowest BCUT2D eigenvalue weighted by atomic mass is 9.99. The summed E-state index contributed by atoms with van der Waals surface area (Å²) >= 11 is 1.57. The van der Waals surface area contributed by atoms with E-state index < -0.39 is 29.9 Å². The Bertz CT molecular complexity index is 1380. The van der Waals surface area contributed by atoms with Gasteiger partial charge in [-0.2, -0.15) is 0 Å². The molecule has 1 fully saturated rings. The van der Waals surface area contributed by atoms with E-state index in [1.165, 1.54) is 12.5 Å². The van der Waals surface area contributed by atoms with E-state index in [2.05, 4.69) is 31.2 Å². The van der Waals surface area contributed by atoms with Crippen molar-refractivity contribution in [3.8, 4) is 0 Å². The van der Waals surface area contributed by atoms with E-state index in [0.29, 0.717) is 19.8 Å². The van der Waals surface area contributed by atoms with Crippen LogP contribution < -0.4 is 0 Å². The Morgan fingerprint density at radius 1 is 0.651 bits per heavy atom. The van der Waals surface area contributed by atoms with E-state index in [1.54, 1.807) is 11.8 Å². The quantitative estimate of drug-likeness (QED) is 0.152. The summed E-state index contributed by atoms with van der Waals surface area (Å²) in [5.41, 5.74) is 3.83. The van der Waals surface area contributed by atoms with Gasteiger partial charge in [-0.05, 0) is 35.7 Å². The summed E-state index contributed by atoms with van der Waals surface area (Å²) in [6, 6.07) is 38.4. The highest BCUT2D eigenvalue weighted by Crippen LogP contribution is 2.38. The van der Waals surface area contributed by atoms with Crippen molar-refractivity contribution in [3.05, 3.63) is 138 Å². The number of benzene rings is 4. The van der Waals surface area contributed by atoms with E-state index in [4.69, 9.17) is 23.7 Å². The second-order valence-corrected chi connectivity index (χ2v) is 11.7. The largest absolute Gasteiger partial charge is 0.463 e. The van der Waals surface area contributed by atoms with Gasteiger partial charge in [-0.1, -0.05) is 120 Å². The zero-order valence-corrected chi connectivity index (χ0v) is 25.4. The van der Waals surface area contributed by atoms with Gasteiger partial charge in [0.1, 0.15) is 36.5 Å². The summed E-state index contributed by atoms with van der Waals surface area (Å²) in [5, 5.41) is 0. The molecule has 7 heteroatoms. The second-order valence-electron chi connectivity index (χ2n) is 10.6. The lowest BCUT2D eigenvalue weighted by Gasteiger charge is -2.45. The van der Waals surface area contributed by atoms with Gasteiger partial charge in [0.15, 0.2) is 0 Å². The predicted octanol–water partition coefficient (Wildman–Crippen LogP) is 7.13. The third-order valence-electron chi connectivity index (χ3n) is 7.17. The average molecular weight is 599 g/mol. The minimum Gasteiger partial charge on any atom is -0.463 e. The molecular formula is C36H38O6S. The summed E-state index contributed by atoms with van der Waals surface area (Å²) in [4.78, 5) is 13.0. The summed E-state index contributed by atoms with van der Waals surface area (Å²) in [5.74, 6) is -0.377. The monoisotopic (exact) mass is 598 g/mol. The molecule has 1 heterocycles. The van der Waals surface area contributed by atoms with Gasteiger partial charge in [-0.3, -0.25) is 4.79 Å². The first-order chi connectivity index (χ1) is 21.0. The molecule has 0 saturated carbocycles. The Balaban J connectivity index is 1.48. The van der Waals surface area contributed by atoms with Crippen LogP contribution in [0.3, 0.4) is 0 Å². The number of aryl methyl sites for hydroxylation is 1. The van der Waals surface area contributed by atoms with Crippen LogP contribution in [0.1, 0.15) is 29.2 Å². The molecule has 224 valence electrons. The van der Waals surface area contributed by atoms with E-state index in [0.717, 1.165) is 21.6 Å². The number of rotatable bonds is 13. The minimum absolute atomic E-state index is 0.0380. The summed E-state index contributed by atoms with van der Waals surface area (Å²) < 4.78 is 32.2. The van der Waals surface area contributed by atoms with E-state index in [-0.39, 0.29) is 12.6 Å². The van der Waals surface area contributed by atoms with Crippen LogP contribution in [0.25, 0.3) is 0 Å². The van der Waals surface area contributed by atoms with Crippen molar-refractivity contribution >= 4 is 17.7 Å². The highest BCUT2D eigenvalue weighted by molar-refractivity contribution is 7.99. The standard InChI is InChI=1S/C36H38O6S/c1-26-18-20-31(21-19-26)43-36-35(41-24-30-16-10-5-11-17-30)34(40-23-29-14-8-4-9-15-29)33(32(42-36)25-38-27(2)37)39-22-28-12-6-3-7-13-28/h3-21,32-36H,22-25H2,1-2H3/t32-,33-,34+,35-,36?/m1/s1. The fraction of sp³-hybridized carbons (Fsp3) is 0.306. The van der Waals surface area contributed by atoms with Gasteiger partial charge in [0.05, 0.1) is 19.8 Å². The van der Waals surface area contributed by atoms with E-state index in [1.807, 2.05) is 91.0 Å². The van der Waals surface area contributed by atoms with Crippen molar-refractivity contribution < 1.29 is 28.5 Å². The predicted molar refractivity (Wildman–Crippen MR) is 167 cm³/mol. The summed E-state index contributed by atoms with van der Waals surface area (Å²) in [7, 11) is 0. The molecule has 4 aromatic carbocycles. The number of hydrogen-bond acceptors (Lipinski definition) is 7. The van der Waals surface area contributed by atoms with Crippen LogP contribution in [-0.4, -0.2) is 42.4 Å². The van der Waals surface area contributed by atoms with Crippen LogP contribution in [0.15, 0.2) is 120 Å². The van der Waals surface area contributed by atoms with Crippen LogP contribution in [0.2, 0.25) is 0 Å². The fourth-order valence-electron chi connectivity index (χ4n) is 4.93. The van der Waals surface area contributed by atoms with Gasteiger partial charge < -0.3 is 23.7 Å². The molecule has 0 aromatic heterocycles. The fourth-order valence-corrected chi connectivity index (χ4v) is 6.05. The number of ether oxygens (including phenoxy) is 5. The summed E-state index contributed by atoms with van der Waals surface area (Å²) in [6.45, 7) is 4.59. The Hall–Kier alpha value is -3.46. The van der Waals surface area contributed by atoms with Crippen molar-refractivity contribution in [3.63, 3.8) is 0 Å². The molecule has 1 unspecified atom stereocenters. The van der Waals surface area contributed by atoms with Crippen LogP contribution in [0.5, 0.6) is 0 Å². The first kappa shape index (κ1) is 31.0. The Morgan fingerprint density at radius 2 is 1.12 bits per heavy atom. The first-order valence-electron chi connectivity index (χ1n) is 14.5. The van der Waals surface area contributed by atoms with Crippen molar-refractivity contribution in [1.82, 2.24) is 0 Å². The van der Waals surface area contributed by atoms with Gasteiger partial charge >= 0.3 is 5.97 Å². The van der Waals surface area contributed by atoms with Gasteiger partial charge in [-0.25, -0.2) is 0 Å². The maximum absolute atomic E-state index is 11.9. The molecule has 5 rings (SSSR count). The molecule has 6 nitrogen and oxygen atoms in total. The van der Waals surface area contributed by atoms with Crippen molar-refractivity contribution in [1.29, 1.82) is 0 Å². The molecule has 0 radical (unpaired) electrons. The average Bonchev–Trinajstić information content (AvgIpc) is 3.04. The number of hydrogen-bond donors (Lipinski definition) is 0. The highest BCUT2D eigenvalue weighted by Gasteiger charge is 2.49. The Morgan fingerprint density at radius 3 is 1.60 bits per heavy atom. The zero-order valence-electron chi connectivity index (χ0n) is 24.5. The SMILES string of the molecule is CC(=O)OC[C@H]1OC(Sc2ccc(C)cc2)[C@H](OCc2ccccc2)[C@@H](OCc2ccccc2)[C@@H]1OCc1ccccc1. The van der Waals surface area contributed by atoms with Gasteiger partial charge in [0.2, 0.25) is 0 Å². The van der Waals surface area contributed by atoms with Crippen molar-refractivity contribution in [2.75, 3.05) is 6.61 Å². The topological polar surface area (TPSA) is 63.2 Å². The Kier molecular flexibility index (Phi) is 11.4. The number of thioether (sulfide) groups is 1. The smallest absolute Gasteiger partial charge is 0.302 e. The lowest BCUT2D eigenvalue weighted by Crippen LogP contribution is -2.60. The van der Waals surface area contributed by atoms with Crippen molar-refractivity contribution in [2.24, 2.45) is 0 Å². The molecule has 0 bridgehead atoms. The van der Waals surface area contributed by atoms with Crippen LogP contribution in [0.4, 0.5) is 0 Å². The summed E-state index contributed by atoms with van der Waals surface area (Å²) in [6.07, 6.45) is -2.17. The van der Waals surface area contributed by atoms with Crippen LogP contribution in [0, 0.1) is 6.92 Å². The molecule has 4 aromatic rings. The van der Waals surface area contributed by atoms with Crippen molar-refractivity contribution in [2.45, 2.75) is 68.4 Å². The first-order valence-corrected chi connectivity index (χ1v) is 15.4. The van der Waals surface area contributed by atoms with Gasteiger partial charge in [0.25, 0.3) is 0 Å². The number of esters is 1. The third kappa shape index (κ3) is 9.26. The maximum atomic E-state index is 11.9. The molecule has 1 aliphatic rings. The van der Waals surface area contributed by atoms with Crippen LogP contribution >= 0.6 is 11.8 Å².